The topological polar surface area (TPSA) is 30.5 Å². The highest BCUT2D eigenvalue weighted by atomic mass is 35.5. The van der Waals surface area contributed by atoms with Gasteiger partial charge in [-0.15, -0.1) is 0 Å². The maximum Gasteiger partial charge on any atom is 0.171 e. The van der Waals surface area contributed by atoms with Crippen molar-refractivity contribution >= 4 is 11.6 Å². The zero-order chi connectivity index (χ0) is 13.1. The van der Waals surface area contributed by atoms with Crippen LogP contribution in [-0.4, -0.2) is 26.6 Å². The molecule has 1 aliphatic carbocycles. The number of halogens is 1. The van der Waals surface area contributed by atoms with E-state index in [1.165, 1.54) is 11.1 Å². The van der Waals surface area contributed by atoms with Crippen molar-refractivity contribution in [2.45, 2.75) is 38.1 Å². The minimum Gasteiger partial charge on any atom is -0.354 e. The van der Waals surface area contributed by atoms with Crippen molar-refractivity contribution in [2.24, 2.45) is 0 Å². The Hall–Kier alpha value is -0.610. The lowest BCUT2D eigenvalue weighted by Gasteiger charge is -2.26. The number of fused-ring (bicyclic) bond motifs is 1. The smallest absolute Gasteiger partial charge is 0.171 e. The van der Waals surface area contributed by atoms with Crippen molar-refractivity contribution in [3.63, 3.8) is 0 Å². The van der Waals surface area contributed by atoms with E-state index in [9.17, 15) is 0 Å². The minimum absolute atomic E-state index is 0.145. The monoisotopic (exact) mass is 269 g/mol. The van der Waals surface area contributed by atoms with E-state index in [0.29, 0.717) is 6.04 Å². The van der Waals surface area contributed by atoms with Crippen molar-refractivity contribution in [2.75, 3.05) is 14.2 Å². The first kappa shape index (κ1) is 13.8. The SMILES string of the molecule is COC(OC)C(C)NC1CCc2cc(Cl)ccc21. The Labute approximate surface area is 113 Å². The molecule has 3 nitrogen and oxygen atoms in total. The molecule has 4 heteroatoms. The first-order valence-electron chi connectivity index (χ1n) is 6.25. The third-order valence-electron chi connectivity index (χ3n) is 3.52. The molecule has 0 spiro atoms. The van der Waals surface area contributed by atoms with Gasteiger partial charge in [-0.1, -0.05) is 17.7 Å². The summed E-state index contributed by atoms with van der Waals surface area (Å²) in [5.74, 6) is 0. The molecule has 2 atom stereocenters. The number of nitrogens with one attached hydrogen (secondary N) is 1. The van der Waals surface area contributed by atoms with Crippen molar-refractivity contribution in [1.82, 2.24) is 5.32 Å². The number of rotatable bonds is 5. The van der Waals surface area contributed by atoms with Crippen LogP contribution in [0, 0.1) is 0 Å². The molecule has 2 unspecified atom stereocenters. The van der Waals surface area contributed by atoms with Gasteiger partial charge in [0.2, 0.25) is 0 Å². The molecule has 0 saturated carbocycles. The lowest BCUT2D eigenvalue weighted by molar-refractivity contribution is -0.121. The van der Waals surface area contributed by atoms with Gasteiger partial charge in [0.1, 0.15) is 0 Å². The third kappa shape index (κ3) is 2.86. The van der Waals surface area contributed by atoms with Crippen LogP contribution in [0.4, 0.5) is 0 Å². The Balaban J connectivity index is 2.05. The van der Waals surface area contributed by atoms with Crippen LogP contribution < -0.4 is 5.32 Å². The molecular weight excluding hydrogens is 250 g/mol. The zero-order valence-corrected chi connectivity index (χ0v) is 11.8. The van der Waals surface area contributed by atoms with Gasteiger partial charge in [0.05, 0.1) is 6.04 Å². The molecular formula is C14H20ClNO2. The Kier molecular flexibility index (Phi) is 4.62. The third-order valence-corrected chi connectivity index (χ3v) is 3.75. The summed E-state index contributed by atoms with van der Waals surface area (Å²) < 4.78 is 10.5. The van der Waals surface area contributed by atoms with Crippen molar-refractivity contribution in [3.05, 3.63) is 34.3 Å². The molecule has 0 saturated heterocycles. The van der Waals surface area contributed by atoms with Crippen LogP contribution in [0.15, 0.2) is 18.2 Å². The van der Waals surface area contributed by atoms with Gasteiger partial charge < -0.3 is 14.8 Å². The van der Waals surface area contributed by atoms with E-state index < -0.39 is 0 Å². The first-order valence-corrected chi connectivity index (χ1v) is 6.63. The van der Waals surface area contributed by atoms with Gasteiger partial charge >= 0.3 is 0 Å². The molecule has 0 fully saturated rings. The molecule has 0 amide bonds. The average Bonchev–Trinajstić information content (AvgIpc) is 2.73. The number of hydrogen-bond donors (Lipinski definition) is 1. The molecule has 0 radical (unpaired) electrons. The Morgan fingerprint density at radius 3 is 2.72 bits per heavy atom. The van der Waals surface area contributed by atoms with Crippen LogP contribution in [0.25, 0.3) is 0 Å². The Morgan fingerprint density at radius 2 is 2.06 bits per heavy atom. The maximum absolute atomic E-state index is 6.01. The Bertz CT molecular complexity index is 407. The van der Waals surface area contributed by atoms with E-state index in [0.717, 1.165) is 17.9 Å². The molecule has 18 heavy (non-hydrogen) atoms. The van der Waals surface area contributed by atoms with Gasteiger partial charge in [0.25, 0.3) is 0 Å². The Morgan fingerprint density at radius 1 is 1.33 bits per heavy atom. The van der Waals surface area contributed by atoms with Crippen LogP contribution >= 0.6 is 11.6 Å². The second kappa shape index (κ2) is 6.02. The summed E-state index contributed by atoms with van der Waals surface area (Å²) in [6.07, 6.45) is 1.95. The highest BCUT2D eigenvalue weighted by Crippen LogP contribution is 2.33. The molecule has 1 N–H and O–H groups in total. The molecule has 100 valence electrons. The van der Waals surface area contributed by atoms with E-state index in [2.05, 4.69) is 24.4 Å². The normalized spacial score (nSPS) is 20.2. The zero-order valence-electron chi connectivity index (χ0n) is 11.1. The first-order chi connectivity index (χ1) is 8.65. The molecule has 1 aliphatic rings. The second-order valence-corrected chi connectivity index (χ2v) is 5.17. The minimum atomic E-state index is -0.221. The van der Waals surface area contributed by atoms with Gasteiger partial charge in [-0.2, -0.15) is 0 Å². The fraction of sp³-hybridized carbons (Fsp3) is 0.571. The number of benzene rings is 1. The van der Waals surface area contributed by atoms with E-state index in [4.69, 9.17) is 21.1 Å². The largest absolute Gasteiger partial charge is 0.354 e. The quantitative estimate of drug-likeness (QED) is 0.834. The fourth-order valence-corrected chi connectivity index (χ4v) is 2.85. The van der Waals surface area contributed by atoms with Crippen molar-refractivity contribution in [1.29, 1.82) is 0 Å². The predicted octanol–water partition coefficient (Wildman–Crippen LogP) is 2.92. The molecule has 1 aromatic carbocycles. The van der Waals surface area contributed by atoms with E-state index in [-0.39, 0.29) is 12.3 Å². The van der Waals surface area contributed by atoms with E-state index in [1.54, 1.807) is 14.2 Å². The molecule has 2 rings (SSSR count). The number of methoxy groups -OCH3 is 2. The molecule has 1 aromatic rings. The molecule has 0 heterocycles. The lowest BCUT2D eigenvalue weighted by Crippen LogP contribution is -2.41. The van der Waals surface area contributed by atoms with Gasteiger partial charge in [0, 0.05) is 25.3 Å². The number of aryl methyl sites for hydroxylation is 1. The maximum atomic E-state index is 6.01. The van der Waals surface area contributed by atoms with Gasteiger partial charge in [-0.3, -0.25) is 0 Å². The summed E-state index contributed by atoms with van der Waals surface area (Å²) in [5.41, 5.74) is 2.69. The van der Waals surface area contributed by atoms with Crippen molar-refractivity contribution < 1.29 is 9.47 Å². The average molecular weight is 270 g/mol. The lowest BCUT2D eigenvalue weighted by atomic mass is 10.1. The molecule has 0 aliphatic heterocycles. The molecule has 0 bridgehead atoms. The summed E-state index contributed by atoms with van der Waals surface area (Å²) in [4.78, 5) is 0. The van der Waals surface area contributed by atoms with Crippen LogP contribution in [0.5, 0.6) is 0 Å². The van der Waals surface area contributed by atoms with Crippen LogP contribution in [-0.2, 0) is 15.9 Å². The summed E-state index contributed by atoms with van der Waals surface area (Å²) in [6, 6.07) is 6.64. The van der Waals surface area contributed by atoms with Crippen LogP contribution in [0.2, 0.25) is 5.02 Å². The summed E-state index contributed by atoms with van der Waals surface area (Å²) in [5, 5.41) is 4.38. The van der Waals surface area contributed by atoms with Crippen LogP contribution in [0.1, 0.15) is 30.5 Å². The summed E-state index contributed by atoms with van der Waals surface area (Å²) in [6.45, 7) is 2.07. The predicted molar refractivity (Wildman–Crippen MR) is 72.9 cm³/mol. The fourth-order valence-electron chi connectivity index (χ4n) is 2.66. The van der Waals surface area contributed by atoms with Gasteiger partial charge in [-0.05, 0) is 43.0 Å². The van der Waals surface area contributed by atoms with E-state index >= 15 is 0 Å². The second-order valence-electron chi connectivity index (χ2n) is 4.73. The van der Waals surface area contributed by atoms with E-state index in [1.807, 2.05) is 6.07 Å². The summed E-state index contributed by atoms with van der Waals surface area (Å²) >= 11 is 6.01. The molecule has 0 aromatic heterocycles. The highest BCUT2D eigenvalue weighted by molar-refractivity contribution is 6.30. The van der Waals surface area contributed by atoms with Crippen molar-refractivity contribution in [3.8, 4) is 0 Å². The highest BCUT2D eigenvalue weighted by Gasteiger charge is 2.26. The number of hydrogen-bond acceptors (Lipinski definition) is 3. The standard InChI is InChI=1S/C14H20ClNO2/c1-9(14(17-2)18-3)16-13-7-4-10-8-11(15)5-6-12(10)13/h5-6,8-9,13-14,16H,4,7H2,1-3H3. The summed E-state index contributed by atoms with van der Waals surface area (Å²) in [7, 11) is 3.32. The van der Waals surface area contributed by atoms with Gasteiger partial charge in [-0.25, -0.2) is 0 Å². The number of ether oxygens (including phenoxy) is 2. The van der Waals surface area contributed by atoms with Crippen LogP contribution in [0.3, 0.4) is 0 Å². The van der Waals surface area contributed by atoms with Gasteiger partial charge in [0.15, 0.2) is 6.29 Å².